The molecule has 7 aromatic rings. The van der Waals surface area contributed by atoms with E-state index in [-0.39, 0.29) is 0 Å². The Balaban J connectivity index is 1.31. The van der Waals surface area contributed by atoms with E-state index in [9.17, 15) is 0 Å². The lowest BCUT2D eigenvalue weighted by Gasteiger charge is -2.13. The smallest absolute Gasteiger partial charge is 0.116 e. The van der Waals surface area contributed by atoms with Crippen molar-refractivity contribution in [3.63, 3.8) is 0 Å². The highest BCUT2D eigenvalue weighted by Gasteiger charge is 2.25. The summed E-state index contributed by atoms with van der Waals surface area (Å²) in [5.41, 5.74) is 13.2. The summed E-state index contributed by atoms with van der Waals surface area (Å²) < 4.78 is 9.88. The monoisotopic (exact) mass is 700 g/mol. The number of unbranched alkanes of at least 4 members (excludes halogenated alkanes) is 4. The number of aromatic nitrogens is 4. The Morgan fingerprint density at radius 1 is 0.449 bits per heavy atom. The standard InChI is InChI=1S/C42H44N4S3/c1-5-9-11-13-27-15-19-29(20-16-27)33-23-25-35(47-33)37-39-40(44-32(8-4)31(7-3)43-39)38(42-41(37)45-49-46-42)36-26-24-34(48-36)30-21-17-28(18-22-30)14-12-10-6-2/h15-26H,5-14H2,1-4H3. The topological polar surface area (TPSA) is 51.6 Å². The summed E-state index contributed by atoms with van der Waals surface area (Å²) in [6, 6.07) is 27.2. The van der Waals surface area contributed by atoms with E-state index in [0.717, 1.165) is 80.0 Å². The van der Waals surface area contributed by atoms with E-state index in [1.54, 1.807) is 22.7 Å². The third-order valence-corrected chi connectivity index (χ3v) is 12.3. The van der Waals surface area contributed by atoms with E-state index in [1.165, 1.54) is 82.3 Å². The Hall–Kier alpha value is -3.78. The number of benzene rings is 3. The van der Waals surface area contributed by atoms with Crippen LogP contribution in [0.1, 0.15) is 88.7 Å². The Kier molecular flexibility index (Phi) is 10.6. The quantitative estimate of drug-likeness (QED) is 0.106. The Labute approximate surface area is 302 Å². The van der Waals surface area contributed by atoms with Crippen LogP contribution in [-0.2, 0) is 25.7 Å². The number of hydrogen-bond acceptors (Lipinski definition) is 7. The van der Waals surface area contributed by atoms with Crippen molar-refractivity contribution in [2.75, 3.05) is 0 Å². The number of hydrogen-bond donors (Lipinski definition) is 0. The average Bonchev–Trinajstić information content (AvgIpc) is 3.93. The van der Waals surface area contributed by atoms with Gasteiger partial charge in [0.05, 0.1) is 23.1 Å². The third-order valence-electron chi connectivity index (χ3n) is 9.48. The summed E-state index contributed by atoms with van der Waals surface area (Å²) in [4.78, 5) is 15.6. The molecular weight excluding hydrogens is 657 g/mol. The zero-order chi connectivity index (χ0) is 33.7. The van der Waals surface area contributed by atoms with Crippen LogP contribution in [-0.4, -0.2) is 18.7 Å². The highest BCUT2D eigenvalue weighted by Crippen LogP contribution is 2.47. The van der Waals surface area contributed by atoms with Gasteiger partial charge >= 0.3 is 0 Å². The van der Waals surface area contributed by atoms with Crippen LogP contribution in [0.25, 0.3) is 63.8 Å². The van der Waals surface area contributed by atoms with Crippen LogP contribution < -0.4 is 0 Å². The predicted molar refractivity (Wildman–Crippen MR) is 213 cm³/mol. The molecule has 0 aliphatic carbocycles. The van der Waals surface area contributed by atoms with Gasteiger partial charge in [-0.05, 0) is 85.0 Å². The first-order valence-electron chi connectivity index (χ1n) is 18.0. The van der Waals surface area contributed by atoms with Crippen molar-refractivity contribution in [2.45, 2.75) is 91.9 Å². The Bertz CT molecular complexity index is 2020. The van der Waals surface area contributed by atoms with E-state index >= 15 is 0 Å². The normalized spacial score (nSPS) is 11.7. The summed E-state index contributed by atoms with van der Waals surface area (Å²) in [6.45, 7) is 8.87. The average molecular weight is 701 g/mol. The van der Waals surface area contributed by atoms with Crippen LogP contribution in [0.2, 0.25) is 0 Å². The fourth-order valence-corrected chi connectivity index (χ4v) is 9.39. The SMILES string of the molecule is CCCCCc1ccc(-c2ccc(-c3c4nsnc4c(-c4ccc(-c5ccc(CCCCC)cc5)s4)c4nc(CC)c(CC)nc34)s2)cc1. The summed E-state index contributed by atoms with van der Waals surface area (Å²) >= 11 is 4.89. The lowest BCUT2D eigenvalue weighted by atomic mass is 10.0. The minimum atomic E-state index is 0.839. The van der Waals surface area contributed by atoms with Crippen LogP contribution in [0.3, 0.4) is 0 Å². The third kappa shape index (κ3) is 6.99. The van der Waals surface area contributed by atoms with Gasteiger partial charge in [0.1, 0.15) is 22.1 Å². The van der Waals surface area contributed by atoms with E-state index < -0.39 is 0 Å². The maximum absolute atomic E-state index is 5.38. The van der Waals surface area contributed by atoms with Gasteiger partial charge in [-0.3, -0.25) is 0 Å². The molecule has 0 aliphatic rings. The summed E-state index contributed by atoms with van der Waals surface area (Å²) in [5.74, 6) is 0. The molecule has 0 aliphatic heterocycles. The number of nitrogens with zero attached hydrogens (tertiary/aromatic N) is 4. The molecule has 250 valence electrons. The molecule has 0 N–H and O–H groups in total. The van der Waals surface area contributed by atoms with Crippen molar-refractivity contribution in [3.05, 3.63) is 95.3 Å². The van der Waals surface area contributed by atoms with Gasteiger partial charge in [-0.1, -0.05) is 102 Å². The highest BCUT2D eigenvalue weighted by molar-refractivity contribution is 7.19. The number of thiophene rings is 2. The van der Waals surface area contributed by atoms with Gasteiger partial charge in [0, 0.05) is 30.6 Å². The van der Waals surface area contributed by atoms with E-state index in [1.807, 2.05) is 0 Å². The molecule has 49 heavy (non-hydrogen) atoms. The van der Waals surface area contributed by atoms with Crippen molar-refractivity contribution in [1.82, 2.24) is 18.7 Å². The predicted octanol–water partition coefficient (Wildman–Crippen LogP) is 13.0. The summed E-state index contributed by atoms with van der Waals surface area (Å²) in [5, 5.41) is 0. The molecule has 0 spiro atoms. The molecule has 0 amide bonds. The molecule has 7 rings (SSSR count). The largest absolute Gasteiger partial charge is 0.249 e. The maximum Gasteiger partial charge on any atom is 0.116 e. The fourth-order valence-electron chi connectivity index (χ4n) is 6.71. The summed E-state index contributed by atoms with van der Waals surface area (Å²) in [7, 11) is 0. The van der Waals surface area contributed by atoms with E-state index in [0.29, 0.717) is 0 Å². The van der Waals surface area contributed by atoms with Gasteiger partial charge < -0.3 is 0 Å². The number of fused-ring (bicyclic) bond motifs is 2. The second-order valence-corrected chi connectivity index (χ2v) is 15.6. The number of rotatable bonds is 14. The molecule has 0 saturated heterocycles. The zero-order valence-corrected chi connectivity index (χ0v) is 31.5. The van der Waals surface area contributed by atoms with Gasteiger partial charge in [0.2, 0.25) is 0 Å². The molecule has 3 aromatic carbocycles. The minimum Gasteiger partial charge on any atom is -0.249 e. The maximum atomic E-state index is 5.38. The van der Waals surface area contributed by atoms with Crippen LogP contribution in [0, 0.1) is 0 Å². The van der Waals surface area contributed by atoms with Crippen LogP contribution in [0.5, 0.6) is 0 Å². The van der Waals surface area contributed by atoms with Crippen LogP contribution in [0.15, 0.2) is 72.8 Å². The summed E-state index contributed by atoms with van der Waals surface area (Å²) in [6.07, 6.45) is 11.5. The van der Waals surface area contributed by atoms with Gasteiger partial charge in [-0.15, -0.1) is 22.7 Å². The molecule has 4 heterocycles. The molecule has 7 heteroatoms. The Morgan fingerprint density at radius 3 is 1.24 bits per heavy atom. The molecule has 4 nitrogen and oxygen atoms in total. The highest BCUT2D eigenvalue weighted by atomic mass is 32.1. The molecule has 0 unspecified atom stereocenters. The van der Waals surface area contributed by atoms with Gasteiger partial charge in [0.15, 0.2) is 0 Å². The molecular formula is C42H44N4S3. The van der Waals surface area contributed by atoms with E-state index in [2.05, 4.69) is 100 Å². The molecule has 0 atom stereocenters. The van der Waals surface area contributed by atoms with Crippen LogP contribution >= 0.6 is 34.4 Å². The van der Waals surface area contributed by atoms with Crippen LogP contribution in [0.4, 0.5) is 0 Å². The Morgan fingerprint density at radius 2 is 0.857 bits per heavy atom. The molecule has 0 bridgehead atoms. The molecule has 0 radical (unpaired) electrons. The molecule has 0 fully saturated rings. The first kappa shape index (κ1) is 33.7. The van der Waals surface area contributed by atoms with Gasteiger partial charge in [-0.2, -0.15) is 8.75 Å². The molecule has 4 aromatic heterocycles. The van der Waals surface area contributed by atoms with Crippen molar-refractivity contribution in [3.8, 4) is 41.8 Å². The molecule has 0 saturated carbocycles. The lowest BCUT2D eigenvalue weighted by molar-refractivity contribution is 0.717. The van der Waals surface area contributed by atoms with Crippen molar-refractivity contribution in [1.29, 1.82) is 0 Å². The second kappa shape index (κ2) is 15.4. The first-order chi connectivity index (χ1) is 24.1. The minimum absolute atomic E-state index is 0.839. The van der Waals surface area contributed by atoms with Gasteiger partial charge in [0.25, 0.3) is 0 Å². The van der Waals surface area contributed by atoms with Crippen molar-refractivity contribution in [2.24, 2.45) is 0 Å². The second-order valence-electron chi connectivity index (χ2n) is 12.9. The zero-order valence-electron chi connectivity index (χ0n) is 29.0. The fraction of sp³-hybridized carbons (Fsp3) is 0.333. The van der Waals surface area contributed by atoms with Crippen molar-refractivity contribution < 1.29 is 0 Å². The van der Waals surface area contributed by atoms with Gasteiger partial charge in [-0.25, -0.2) is 9.97 Å². The number of aryl methyl sites for hydroxylation is 4. The lowest BCUT2D eigenvalue weighted by Crippen LogP contribution is -2.03. The first-order valence-corrected chi connectivity index (χ1v) is 20.3. The van der Waals surface area contributed by atoms with E-state index in [4.69, 9.17) is 18.7 Å². The van der Waals surface area contributed by atoms with Crippen molar-refractivity contribution >= 4 is 56.5 Å².